The number of hydrogen-bond donors (Lipinski definition) is 0. The maximum Gasteiger partial charge on any atom is 0.253 e. The molecule has 3 nitrogen and oxygen atoms in total. The zero-order chi connectivity index (χ0) is 13.3. The summed E-state index contributed by atoms with van der Waals surface area (Å²) in [7, 11) is 2.11. The predicted molar refractivity (Wildman–Crippen MR) is 73.9 cm³/mol. The van der Waals surface area contributed by atoms with Gasteiger partial charge in [0.25, 0.3) is 5.91 Å². The van der Waals surface area contributed by atoms with Gasteiger partial charge in [-0.25, -0.2) is 0 Å². The van der Waals surface area contributed by atoms with Crippen LogP contribution < -0.4 is 0 Å². The SMILES string of the molecule is Cc1ccc(C(=O)N2CCN(C)C(C)C2)cc1C. The second-order valence-corrected chi connectivity index (χ2v) is 5.38. The van der Waals surface area contributed by atoms with Gasteiger partial charge in [0, 0.05) is 31.2 Å². The van der Waals surface area contributed by atoms with Gasteiger partial charge < -0.3 is 9.80 Å². The average molecular weight is 246 g/mol. The van der Waals surface area contributed by atoms with Crippen LogP contribution in [0.1, 0.15) is 28.4 Å². The first kappa shape index (κ1) is 13.1. The molecule has 0 saturated carbocycles. The van der Waals surface area contributed by atoms with E-state index >= 15 is 0 Å². The lowest BCUT2D eigenvalue weighted by molar-refractivity contribution is 0.0572. The summed E-state index contributed by atoms with van der Waals surface area (Å²) < 4.78 is 0. The number of nitrogens with zero attached hydrogens (tertiary/aromatic N) is 2. The molecule has 0 bridgehead atoms. The molecule has 18 heavy (non-hydrogen) atoms. The van der Waals surface area contributed by atoms with Crippen LogP contribution in [0.3, 0.4) is 0 Å². The van der Waals surface area contributed by atoms with Crippen LogP contribution >= 0.6 is 0 Å². The molecule has 1 amide bonds. The Balaban J connectivity index is 2.14. The molecule has 1 fully saturated rings. The van der Waals surface area contributed by atoms with Gasteiger partial charge in [-0.1, -0.05) is 6.07 Å². The molecular formula is C15H22N2O. The highest BCUT2D eigenvalue weighted by Crippen LogP contribution is 2.15. The number of carbonyl (C=O) groups excluding carboxylic acids is 1. The van der Waals surface area contributed by atoms with Crippen molar-refractivity contribution in [3.05, 3.63) is 34.9 Å². The van der Waals surface area contributed by atoms with E-state index in [2.05, 4.69) is 32.7 Å². The van der Waals surface area contributed by atoms with E-state index in [1.165, 1.54) is 11.1 Å². The Labute approximate surface area is 109 Å². The van der Waals surface area contributed by atoms with E-state index in [9.17, 15) is 4.79 Å². The van der Waals surface area contributed by atoms with Crippen LogP contribution in [0, 0.1) is 13.8 Å². The smallest absolute Gasteiger partial charge is 0.253 e. The third-order valence-electron chi connectivity index (χ3n) is 4.00. The average Bonchev–Trinajstić information content (AvgIpc) is 2.35. The van der Waals surface area contributed by atoms with Crippen molar-refractivity contribution in [1.29, 1.82) is 0 Å². The van der Waals surface area contributed by atoms with Crippen molar-refractivity contribution in [3.63, 3.8) is 0 Å². The predicted octanol–water partition coefficient (Wildman–Crippen LogP) is 2.08. The Kier molecular flexibility index (Phi) is 3.71. The van der Waals surface area contributed by atoms with Crippen LogP contribution in [0.4, 0.5) is 0 Å². The summed E-state index contributed by atoms with van der Waals surface area (Å²) in [6.07, 6.45) is 0. The number of piperazine rings is 1. The molecule has 1 atom stereocenters. The lowest BCUT2D eigenvalue weighted by Gasteiger charge is -2.37. The van der Waals surface area contributed by atoms with E-state index in [1.807, 2.05) is 23.1 Å². The van der Waals surface area contributed by atoms with E-state index in [-0.39, 0.29) is 5.91 Å². The molecule has 1 unspecified atom stereocenters. The van der Waals surface area contributed by atoms with Crippen molar-refractivity contribution in [1.82, 2.24) is 9.80 Å². The van der Waals surface area contributed by atoms with E-state index in [0.717, 1.165) is 25.2 Å². The van der Waals surface area contributed by atoms with Crippen LogP contribution in [0.25, 0.3) is 0 Å². The largest absolute Gasteiger partial charge is 0.336 e. The third kappa shape index (κ3) is 2.56. The number of carbonyl (C=O) groups is 1. The maximum absolute atomic E-state index is 12.4. The monoisotopic (exact) mass is 246 g/mol. The molecule has 0 spiro atoms. The fourth-order valence-electron chi connectivity index (χ4n) is 2.29. The lowest BCUT2D eigenvalue weighted by atomic mass is 10.0. The Hall–Kier alpha value is -1.35. The number of amides is 1. The molecule has 1 aliphatic rings. The van der Waals surface area contributed by atoms with E-state index < -0.39 is 0 Å². The van der Waals surface area contributed by atoms with Gasteiger partial charge >= 0.3 is 0 Å². The van der Waals surface area contributed by atoms with Crippen LogP contribution in [0.2, 0.25) is 0 Å². The van der Waals surface area contributed by atoms with E-state index in [1.54, 1.807) is 0 Å². The number of aryl methyl sites for hydroxylation is 2. The normalized spacial score (nSPS) is 21.1. The Bertz CT molecular complexity index is 456. The molecule has 0 aliphatic carbocycles. The van der Waals surface area contributed by atoms with Gasteiger partial charge in [-0.05, 0) is 51.1 Å². The number of benzene rings is 1. The minimum atomic E-state index is 0.165. The molecule has 1 aliphatic heterocycles. The topological polar surface area (TPSA) is 23.6 Å². The first-order valence-electron chi connectivity index (χ1n) is 6.56. The standard InChI is InChI=1S/C15H22N2O/c1-11-5-6-14(9-12(11)2)15(18)17-8-7-16(4)13(3)10-17/h5-6,9,13H,7-8,10H2,1-4H3. The Morgan fingerprint density at radius 1 is 1.22 bits per heavy atom. The fraction of sp³-hybridized carbons (Fsp3) is 0.533. The molecule has 98 valence electrons. The first-order valence-corrected chi connectivity index (χ1v) is 6.56. The van der Waals surface area contributed by atoms with E-state index in [4.69, 9.17) is 0 Å². The summed E-state index contributed by atoms with van der Waals surface area (Å²) >= 11 is 0. The summed E-state index contributed by atoms with van der Waals surface area (Å²) in [4.78, 5) is 16.7. The summed E-state index contributed by atoms with van der Waals surface area (Å²) in [5.41, 5.74) is 3.23. The zero-order valence-electron chi connectivity index (χ0n) is 11.7. The molecule has 1 heterocycles. The van der Waals surface area contributed by atoms with E-state index in [0.29, 0.717) is 6.04 Å². The van der Waals surface area contributed by atoms with Crippen molar-refractivity contribution in [3.8, 4) is 0 Å². The molecule has 2 rings (SSSR count). The molecule has 1 aromatic carbocycles. The first-order chi connectivity index (χ1) is 8.49. The molecule has 0 N–H and O–H groups in total. The number of hydrogen-bond acceptors (Lipinski definition) is 2. The minimum Gasteiger partial charge on any atom is -0.336 e. The molecule has 0 aromatic heterocycles. The Morgan fingerprint density at radius 2 is 1.94 bits per heavy atom. The Morgan fingerprint density at radius 3 is 2.56 bits per heavy atom. The highest BCUT2D eigenvalue weighted by atomic mass is 16.2. The lowest BCUT2D eigenvalue weighted by Crippen LogP contribution is -2.52. The molecular weight excluding hydrogens is 224 g/mol. The maximum atomic E-state index is 12.4. The molecule has 3 heteroatoms. The molecule has 0 radical (unpaired) electrons. The summed E-state index contributed by atoms with van der Waals surface area (Å²) in [5, 5.41) is 0. The highest BCUT2D eigenvalue weighted by molar-refractivity contribution is 5.94. The van der Waals surface area contributed by atoms with Gasteiger partial charge in [0.15, 0.2) is 0 Å². The van der Waals surface area contributed by atoms with Crippen molar-refractivity contribution >= 4 is 5.91 Å². The zero-order valence-corrected chi connectivity index (χ0v) is 11.7. The fourth-order valence-corrected chi connectivity index (χ4v) is 2.29. The van der Waals surface area contributed by atoms with Gasteiger partial charge in [-0.15, -0.1) is 0 Å². The molecule has 1 aromatic rings. The number of likely N-dealkylation sites (N-methyl/N-ethyl adjacent to an activating group) is 1. The van der Waals surface area contributed by atoms with Gasteiger partial charge in [0.2, 0.25) is 0 Å². The van der Waals surface area contributed by atoms with Gasteiger partial charge in [-0.3, -0.25) is 4.79 Å². The second kappa shape index (κ2) is 5.11. The summed E-state index contributed by atoms with van der Waals surface area (Å²) in [5.74, 6) is 0.165. The quantitative estimate of drug-likeness (QED) is 0.757. The van der Waals surface area contributed by atoms with Crippen LogP contribution in [0.15, 0.2) is 18.2 Å². The van der Waals surface area contributed by atoms with Crippen molar-refractivity contribution in [2.75, 3.05) is 26.7 Å². The van der Waals surface area contributed by atoms with Crippen molar-refractivity contribution < 1.29 is 4.79 Å². The second-order valence-electron chi connectivity index (χ2n) is 5.38. The van der Waals surface area contributed by atoms with Crippen molar-refractivity contribution in [2.24, 2.45) is 0 Å². The van der Waals surface area contributed by atoms with Crippen molar-refractivity contribution in [2.45, 2.75) is 26.8 Å². The van der Waals surface area contributed by atoms with Crippen LogP contribution in [-0.4, -0.2) is 48.4 Å². The summed E-state index contributed by atoms with van der Waals surface area (Å²) in [6, 6.07) is 6.41. The summed E-state index contributed by atoms with van der Waals surface area (Å²) in [6.45, 7) is 8.90. The molecule has 1 saturated heterocycles. The van der Waals surface area contributed by atoms with Gasteiger partial charge in [0.05, 0.1) is 0 Å². The van der Waals surface area contributed by atoms with Gasteiger partial charge in [0.1, 0.15) is 0 Å². The van der Waals surface area contributed by atoms with Crippen LogP contribution in [-0.2, 0) is 0 Å². The number of rotatable bonds is 1. The van der Waals surface area contributed by atoms with Gasteiger partial charge in [-0.2, -0.15) is 0 Å². The minimum absolute atomic E-state index is 0.165. The van der Waals surface area contributed by atoms with Crippen LogP contribution in [0.5, 0.6) is 0 Å². The third-order valence-corrected chi connectivity index (χ3v) is 4.00. The highest BCUT2D eigenvalue weighted by Gasteiger charge is 2.25.